The summed E-state index contributed by atoms with van der Waals surface area (Å²) >= 11 is 5.68. The van der Waals surface area contributed by atoms with Crippen molar-refractivity contribution in [2.45, 2.75) is 0 Å². The molecular weight excluding hydrogens is 210 g/mol. The van der Waals surface area contributed by atoms with Crippen LogP contribution in [0.3, 0.4) is 0 Å². The number of benzene rings is 1. The van der Waals surface area contributed by atoms with Crippen molar-refractivity contribution in [3.63, 3.8) is 0 Å². The fourth-order valence-corrected chi connectivity index (χ4v) is 1.09. The number of nitrogens with two attached hydrogens (primary N) is 1. The smallest absolute Gasteiger partial charge is 0.270 e. The van der Waals surface area contributed by atoms with Crippen molar-refractivity contribution in [3.05, 3.63) is 38.9 Å². The maximum Gasteiger partial charge on any atom is 0.270 e. The van der Waals surface area contributed by atoms with Gasteiger partial charge in [-0.05, 0) is 6.07 Å². The Hall–Kier alpha value is -1.82. The number of nitro benzene ring substituents is 1. The van der Waals surface area contributed by atoms with Crippen molar-refractivity contribution in [1.82, 2.24) is 0 Å². The molecule has 1 aromatic rings. The molecule has 0 aromatic heterocycles. The lowest BCUT2D eigenvalue weighted by Crippen LogP contribution is -2.13. The van der Waals surface area contributed by atoms with E-state index in [1.807, 2.05) is 0 Å². The molecular formula is C7H6ClN3O3. The Bertz CT molecular complexity index is 405. The van der Waals surface area contributed by atoms with E-state index in [-0.39, 0.29) is 22.1 Å². The van der Waals surface area contributed by atoms with E-state index in [4.69, 9.17) is 22.5 Å². The first-order chi connectivity index (χ1) is 6.56. The van der Waals surface area contributed by atoms with Crippen LogP contribution in [0.1, 0.15) is 5.56 Å². The number of oxime groups is 1. The zero-order valence-electron chi connectivity index (χ0n) is 6.85. The molecule has 0 saturated heterocycles. The van der Waals surface area contributed by atoms with Crippen LogP contribution in [0.5, 0.6) is 0 Å². The van der Waals surface area contributed by atoms with Crippen LogP contribution in [-0.2, 0) is 0 Å². The third-order valence-corrected chi connectivity index (χ3v) is 1.87. The van der Waals surface area contributed by atoms with Gasteiger partial charge in [0, 0.05) is 17.7 Å². The zero-order chi connectivity index (χ0) is 10.7. The number of non-ortho nitro benzene ring substituents is 1. The van der Waals surface area contributed by atoms with Gasteiger partial charge in [0.2, 0.25) is 0 Å². The number of amidine groups is 1. The minimum atomic E-state index is -0.593. The number of hydrogen-bond donors (Lipinski definition) is 2. The Morgan fingerprint density at radius 1 is 1.64 bits per heavy atom. The average Bonchev–Trinajstić information content (AvgIpc) is 2.17. The van der Waals surface area contributed by atoms with Crippen LogP contribution in [0.4, 0.5) is 5.69 Å². The van der Waals surface area contributed by atoms with Crippen LogP contribution >= 0.6 is 11.6 Å². The lowest BCUT2D eigenvalue weighted by atomic mass is 10.2. The highest BCUT2D eigenvalue weighted by molar-refractivity contribution is 6.34. The minimum Gasteiger partial charge on any atom is -0.409 e. The molecule has 0 aliphatic heterocycles. The predicted octanol–water partition coefficient (Wildman–Crippen LogP) is 1.34. The molecule has 0 heterocycles. The van der Waals surface area contributed by atoms with Gasteiger partial charge >= 0.3 is 0 Å². The fraction of sp³-hybridized carbons (Fsp3) is 0. The van der Waals surface area contributed by atoms with Gasteiger partial charge in [-0.3, -0.25) is 10.1 Å². The molecule has 0 radical (unpaired) electrons. The maximum absolute atomic E-state index is 10.4. The molecule has 1 rings (SSSR count). The molecule has 74 valence electrons. The Balaban J connectivity index is 3.28. The molecule has 14 heavy (non-hydrogen) atoms. The first kappa shape index (κ1) is 10.3. The monoisotopic (exact) mass is 215 g/mol. The van der Waals surface area contributed by atoms with Crippen LogP contribution in [0.2, 0.25) is 5.02 Å². The Morgan fingerprint density at radius 2 is 2.29 bits per heavy atom. The van der Waals surface area contributed by atoms with Gasteiger partial charge in [-0.1, -0.05) is 16.8 Å². The molecule has 0 aliphatic carbocycles. The van der Waals surface area contributed by atoms with Gasteiger partial charge < -0.3 is 10.9 Å². The quantitative estimate of drug-likeness (QED) is 0.256. The standard InChI is InChI=1S/C7H6ClN3O3/c8-6-2-1-4(11(13)14)3-5(6)7(9)10-12/h1-3,12H,(H2,9,10). The van der Waals surface area contributed by atoms with E-state index in [0.29, 0.717) is 0 Å². The molecule has 0 aliphatic rings. The highest BCUT2D eigenvalue weighted by atomic mass is 35.5. The van der Waals surface area contributed by atoms with Crippen molar-refractivity contribution in [2.75, 3.05) is 0 Å². The molecule has 0 saturated carbocycles. The second kappa shape index (κ2) is 3.93. The van der Waals surface area contributed by atoms with E-state index >= 15 is 0 Å². The first-order valence-corrected chi connectivity index (χ1v) is 3.86. The number of rotatable bonds is 2. The largest absolute Gasteiger partial charge is 0.409 e. The van der Waals surface area contributed by atoms with Crippen molar-refractivity contribution in [3.8, 4) is 0 Å². The summed E-state index contributed by atoms with van der Waals surface area (Å²) < 4.78 is 0. The number of halogens is 1. The maximum atomic E-state index is 10.4. The zero-order valence-corrected chi connectivity index (χ0v) is 7.60. The summed E-state index contributed by atoms with van der Waals surface area (Å²) in [6.07, 6.45) is 0. The van der Waals surface area contributed by atoms with Crippen molar-refractivity contribution in [2.24, 2.45) is 10.9 Å². The third kappa shape index (κ3) is 1.91. The summed E-state index contributed by atoms with van der Waals surface area (Å²) in [4.78, 5) is 9.80. The number of nitrogens with zero attached hydrogens (tertiary/aromatic N) is 2. The molecule has 7 heteroatoms. The summed E-state index contributed by atoms with van der Waals surface area (Å²) in [6.45, 7) is 0. The molecule has 0 spiro atoms. The Labute approximate surface area is 83.7 Å². The molecule has 0 bridgehead atoms. The summed E-state index contributed by atoms with van der Waals surface area (Å²) in [7, 11) is 0. The molecule has 0 unspecified atom stereocenters. The minimum absolute atomic E-state index is 0.128. The van der Waals surface area contributed by atoms with Crippen LogP contribution in [-0.4, -0.2) is 16.0 Å². The average molecular weight is 216 g/mol. The highest BCUT2D eigenvalue weighted by Gasteiger charge is 2.12. The van der Waals surface area contributed by atoms with Crippen LogP contribution in [0, 0.1) is 10.1 Å². The van der Waals surface area contributed by atoms with Crippen LogP contribution < -0.4 is 5.73 Å². The Morgan fingerprint density at radius 3 is 2.79 bits per heavy atom. The van der Waals surface area contributed by atoms with E-state index in [9.17, 15) is 10.1 Å². The third-order valence-electron chi connectivity index (χ3n) is 1.54. The summed E-state index contributed by atoms with van der Waals surface area (Å²) in [6, 6.07) is 3.68. The Kier molecular flexibility index (Phi) is 2.88. The van der Waals surface area contributed by atoms with Gasteiger partial charge in [0.25, 0.3) is 5.69 Å². The number of hydrogen-bond acceptors (Lipinski definition) is 4. The lowest BCUT2D eigenvalue weighted by Gasteiger charge is -2.00. The summed E-state index contributed by atoms with van der Waals surface area (Å²) in [5.41, 5.74) is 5.21. The van der Waals surface area contributed by atoms with E-state index < -0.39 is 4.92 Å². The molecule has 3 N–H and O–H groups in total. The van der Waals surface area contributed by atoms with Crippen LogP contribution in [0.15, 0.2) is 23.4 Å². The SMILES string of the molecule is N/C(=N\O)c1cc([N+](=O)[O-])ccc1Cl. The van der Waals surface area contributed by atoms with E-state index in [2.05, 4.69) is 5.16 Å². The molecule has 0 amide bonds. The number of nitro groups is 1. The lowest BCUT2D eigenvalue weighted by molar-refractivity contribution is -0.384. The van der Waals surface area contributed by atoms with Gasteiger partial charge in [-0.15, -0.1) is 0 Å². The van der Waals surface area contributed by atoms with Gasteiger partial charge in [0.1, 0.15) is 0 Å². The van der Waals surface area contributed by atoms with Crippen molar-refractivity contribution < 1.29 is 10.1 Å². The summed E-state index contributed by atoms with van der Waals surface area (Å²) in [5.74, 6) is -0.265. The van der Waals surface area contributed by atoms with E-state index in [0.717, 1.165) is 6.07 Å². The molecule has 6 nitrogen and oxygen atoms in total. The van der Waals surface area contributed by atoms with Gasteiger partial charge in [-0.2, -0.15) is 0 Å². The van der Waals surface area contributed by atoms with Gasteiger partial charge in [-0.25, -0.2) is 0 Å². The first-order valence-electron chi connectivity index (χ1n) is 3.48. The normalized spacial score (nSPS) is 11.4. The second-order valence-corrected chi connectivity index (χ2v) is 2.81. The highest BCUT2D eigenvalue weighted by Crippen LogP contribution is 2.21. The van der Waals surface area contributed by atoms with Gasteiger partial charge in [0.05, 0.1) is 9.95 Å². The topological polar surface area (TPSA) is 102 Å². The summed E-state index contributed by atoms with van der Waals surface area (Å²) in [5, 5.41) is 21.7. The van der Waals surface area contributed by atoms with Crippen molar-refractivity contribution >= 4 is 23.1 Å². The van der Waals surface area contributed by atoms with Gasteiger partial charge in [0.15, 0.2) is 5.84 Å². The predicted molar refractivity (Wildman–Crippen MR) is 50.6 cm³/mol. The van der Waals surface area contributed by atoms with E-state index in [1.54, 1.807) is 0 Å². The van der Waals surface area contributed by atoms with Crippen molar-refractivity contribution in [1.29, 1.82) is 0 Å². The van der Waals surface area contributed by atoms with Crippen LogP contribution in [0.25, 0.3) is 0 Å². The fourth-order valence-electron chi connectivity index (χ4n) is 0.877. The molecule has 0 atom stereocenters. The molecule has 0 fully saturated rings. The second-order valence-electron chi connectivity index (χ2n) is 2.41. The van der Waals surface area contributed by atoms with E-state index in [1.165, 1.54) is 12.1 Å². The molecule has 1 aromatic carbocycles.